The molecular weight excluding hydrogens is 124 g/mol. The van der Waals surface area contributed by atoms with E-state index in [1.54, 1.807) is 6.26 Å². The summed E-state index contributed by atoms with van der Waals surface area (Å²) >= 11 is 5.36. The Balaban J connectivity index is 2.83. The molecule has 0 amide bonds. The number of hydrogen-bond acceptors (Lipinski definition) is 1. The van der Waals surface area contributed by atoms with Crippen LogP contribution >= 0.6 is 11.6 Å². The zero-order valence-electron chi connectivity index (χ0n) is 4.77. The van der Waals surface area contributed by atoms with Crippen molar-refractivity contribution in [2.24, 2.45) is 0 Å². The van der Waals surface area contributed by atoms with Crippen molar-refractivity contribution < 1.29 is 4.74 Å². The molecule has 1 radical (unpaired) electrons. The minimum atomic E-state index is 0.485. The Hall–Kier alpha value is -0.170. The van der Waals surface area contributed by atoms with E-state index in [9.17, 15) is 0 Å². The predicted octanol–water partition coefficient (Wildman–Crippen LogP) is 1.98. The maximum absolute atomic E-state index is 5.36. The normalized spacial score (nSPS) is 10.2. The van der Waals surface area contributed by atoms with Gasteiger partial charge in [-0.1, -0.05) is 0 Å². The van der Waals surface area contributed by atoms with Gasteiger partial charge in [-0.3, -0.25) is 0 Å². The van der Waals surface area contributed by atoms with Crippen LogP contribution in [-0.4, -0.2) is 12.5 Å². The molecule has 0 rings (SSSR count). The monoisotopic (exact) mass is 133 g/mol. The van der Waals surface area contributed by atoms with E-state index in [1.165, 1.54) is 0 Å². The van der Waals surface area contributed by atoms with E-state index < -0.39 is 0 Å². The molecule has 0 atom stereocenters. The van der Waals surface area contributed by atoms with Crippen LogP contribution in [0.1, 0.15) is 6.42 Å². The lowest BCUT2D eigenvalue weighted by Crippen LogP contribution is -1.76. The number of ether oxygens (including phenoxy) is 1. The topological polar surface area (TPSA) is 9.23 Å². The largest absolute Gasteiger partial charge is 0.502 e. The van der Waals surface area contributed by atoms with Gasteiger partial charge >= 0.3 is 0 Å². The third-order valence-electron chi connectivity index (χ3n) is 0.586. The van der Waals surface area contributed by atoms with Crippen LogP contribution in [-0.2, 0) is 4.74 Å². The van der Waals surface area contributed by atoms with Crippen LogP contribution in [0.5, 0.6) is 0 Å². The highest BCUT2D eigenvalue weighted by atomic mass is 35.5. The van der Waals surface area contributed by atoms with E-state index in [-0.39, 0.29) is 0 Å². The summed E-state index contributed by atoms with van der Waals surface area (Å²) in [5, 5.41) is 0. The molecule has 0 aromatic rings. The van der Waals surface area contributed by atoms with Crippen LogP contribution < -0.4 is 0 Å². The van der Waals surface area contributed by atoms with E-state index in [4.69, 9.17) is 16.3 Å². The molecule has 0 saturated carbocycles. The average Bonchev–Trinajstić information content (AvgIpc) is 1.81. The first-order valence-electron chi connectivity index (χ1n) is 2.53. The van der Waals surface area contributed by atoms with Gasteiger partial charge in [-0.25, -0.2) is 0 Å². The molecule has 2 heteroatoms. The van der Waals surface area contributed by atoms with Crippen molar-refractivity contribution in [1.82, 2.24) is 0 Å². The van der Waals surface area contributed by atoms with Crippen molar-refractivity contribution in [3.8, 4) is 0 Å². The Labute approximate surface area is 55.3 Å². The second-order valence-electron chi connectivity index (χ2n) is 1.22. The molecule has 0 saturated heterocycles. The lowest BCUT2D eigenvalue weighted by Gasteiger charge is -1.89. The molecule has 0 spiro atoms. The zero-order valence-corrected chi connectivity index (χ0v) is 5.53. The molecule has 1 nitrogen and oxygen atoms in total. The third-order valence-corrected chi connectivity index (χ3v) is 0.804. The fraction of sp³-hybridized carbons (Fsp3) is 0.500. The number of alkyl halides is 1. The molecule has 0 fully saturated rings. The summed E-state index contributed by atoms with van der Waals surface area (Å²) in [7, 11) is 0. The van der Waals surface area contributed by atoms with E-state index >= 15 is 0 Å². The van der Waals surface area contributed by atoms with Gasteiger partial charge in [-0.05, 0) is 19.4 Å². The first-order valence-corrected chi connectivity index (χ1v) is 3.07. The Bertz CT molecular complexity index is 53.5. The molecule has 8 heavy (non-hydrogen) atoms. The molecule has 0 unspecified atom stereocenters. The second-order valence-corrected chi connectivity index (χ2v) is 1.60. The van der Waals surface area contributed by atoms with Crippen molar-refractivity contribution in [2.75, 3.05) is 12.5 Å². The first-order chi connectivity index (χ1) is 3.91. The highest BCUT2D eigenvalue weighted by Gasteiger charge is 1.72. The summed E-state index contributed by atoms with van der Waals surface area (Å²) in [4.78, 5) is 0. The van der Waals surface area contributed by atoms with Crippen LogP contribution in [0.25, 0.3) is 0 Å². The summed E-state index contributed by atoms with van der Waals surface area (Å²) < 4.78 is 4.79. The van der Waals surface area contributed by atoms with Crippen LogP contribution in [0.4, 0.5) is 0 Å². The summed E-state index contributed by atoms with van der Waals surface area (Å²) in [6.07, 6.45) is 4.36. The molecule has 0 N–H and O–H groups in total. The van der Waals surface area contributed by atoms with E-state index in [1.807, 2.05) is 6.08 Å². The van der Waals surface area contributed by atoms with Gasteiger partial charge < -0.3 is 4.74 Å². The molecule has 0 aliphatic carbocycles. The quantitative estimate of drug-likeness (QED) is 0.421. The minimum Gasteiger partial charge on any atom is -0.502 e. The maximum atomic E-state index is 5.36. The van der Waals surface area contributed by atoms with E-state index in [2.05, 4.69) is 6.92 Å². The third kappa shape index (κ3) is 5.83. The molecule has 0 bridgehead atoms. The van der Waals surface area contributed by atoms with Gasteiger partial charge in [0.2, 0.25) is 0 Å². The van der Waals surface area contributed by atoms with Gasteiger partial charge in [0.05, 0.1) is 12.9 Å². The first kappa shape index (κ1) is 7.83. The molecule has 0 aromatic heterocycles. The van der Waals surface area contributed by atoms with Gasteiger partial charge in [0, 0.05) is 5.88 Å². The van der Waals surface area contributed by atoms with Crippen molar-refractivity contribution in [3.63, 3.8) is 0 Å². The standard InChI is InChI=1S/C6H10ClO/c1-2-8-6-4-3-5-7/h4,6H,1-3,5H2. The Kier molecular flexibility index (Phi) is 6.68. The van der Waals surface area contributed by atoms with Crippen LogP contribution in [0.3, 0.4) is 0 Å². The Morgan fingerprint density at radius 1 is 1.62 bits per heavy atom. The van der Waals surface area contributed by atoms with E-state index in [0.717, 1.165) is 6.42 Å². The SMILES string of the molecule is [CH2]COC=CCCCl. The van der Waals surface area contributed by atoms with Crippen molar-refractivity contribution in [3.05, 3.63) is 19.3 Å². The Morgan fingerprint density at radius 3 is 2.88 bits per heavy atom. The summed E-state index contributed by atoms with van der Waals surface area (Å²) in [6.45, 7) is 3.96. The van der Waals surface area contributed by atoms with Gasteiger partial charge in [-0.15, -0.1) is 11.6 Å². The average molecular weight is 134 g/mol. The van der Waals surface area contributed by atoms with Crippen LogP contribution in [0.2, 0.25) is 0 Å². The highest BCUT2D eigenvalue weighted by molar-refractivity contribution is 6.17. The van der Waals surface area contributed by atoms with Crippen LogP contribution in [0.15, 0.2) is 12.3 Å². The number of halogens is 1. The van der Waals surface area contributed by atoms with Crippen LogP contribution in [0, 0.1) is 6.92 Å². The van der Waals surface area contributed by atoms with E-state index in [0.29, 0.717) is 12.5 Å². The fourth-order valence-corrected chi connectivity index (χ4v) is 0.393. The molecule has 47 valence electrons. The smallest absolute Gasteiger partial charge is 0.0874 e. The summed E-state index contributed by atoms with van der Waals surface area (Å²) in [5.41, 5.74) is 0. The lowest BCUT2D eigenvalue weighted by molar-refractivity contribution is 0.287. The number of hydrogen-bond donors (Lipinski definition) is 0. The van der Waals surface area contributed by atoms with Gasteiger partial charge in [-0.2, -0.15) is 0 Å². The molecule has 0 aromatic carbocycles. The predicted molar refractivity (Wildman–Crippen MR) is 35.8 cm³/mol. The Morgan fingerprint density at radius 2 is 2.38 bits per heavy atom. The number of allylic oxidation sites excluding steroid dienone is 1. The summed E-state index contributed by atoms with van der Waals surface area (Å²) in [6, 6.07) is 0. The van der Waals surface area contributed by atoms with Crippen molar-refractivity contribution in [2.45, 2.75) is 6.42 Å². The van der Waals surface area contributed by atoms with Crippen molar-refractivity contribution in [1.29, 1.82) is 0 Å². The summed E-state index contributed by atoms with van der Waals surface area (Å²) in [5.74, 6) is 0.650. The van der Waals surface area contributed by atoms with Gasteiger partial charge in [0.1, 0.15) is 0 Å². The molecule has 0 heterocycles. The van der Waals surface area contributed by atoms with Gasteiger partial charge in [0.25, 0.3) is 0 Å². The molecular formula is C6H10ClO. The zero-order chi connectivity index (χ0) is 6.24. The fourth-order valence-electron chi connectivity index (χ4n) is 0.267. The second kappa shape index (κ2) is 6.83. The molecule has 0 aliphatic heterocycles. The van der Waals surface area contributed by atoms with Crippen molar-refractivity contribution >= 4 is 11.6 Å². The molecule has 0 aliphatic rings. The lowest BCUT2D eigenvalue weighted by atomic mass is 10.5. The maximum Gasteiger partial charge on any atom is 0.0874 e. The number of rotatable bonds is 4. The highest BCUT2D eigenvalue weighted by Crippen LogP contribution is 1.86. The minimum absolute atomic E-state index is 0.485. The van der Waals surface area contributed by atoms with Gasteiger partial charge in [0.15, 0.2) is 0 Å².